The second-order valence-corrected chi connectivity index (χ2v) is 22.1. The minimum Gasteiger partial charge on any atom is -0.463 e. The average molecular weight is 1150 g/mol. The number of carbonyl (C=O) groups excluding carboxylic acids is 6. The summed E-state index contributed by atoms with van der Waals surface area (Å²) in [4.78, 5) is 72.0. The Morgan fingerprint density at radius 1 is 0.362 bits per heavy atom. The molecule has 0 saturated heterocycles. The highest BCUT2D eigenvalue weighted by Crippen LogP contribution is 2.47. The van der Waals surface area contributed by atoms with E-state index in [4.69, 9.17) is 66.3 Å². The number of unbranched alkanes of at least 4 members (excludes halogenated alkanes) is 2. The molecular formula is C56H98N4O20. The maximum absolute atomic E-state index is 12.5. The summed E-state index contributed by atoms with van der Waals surface area (Å²) in [6.07, 6.45) is 7.07. The highest BCUT2D eigenvalue weighted by Gasteiger charge is 2.43. The number of hydrogen-bond donors (Lipinski definition) is 4. The summed E-state index contributed by atoms with van der Waals surface area (Å²) < 4.78 is 75.3. The zero-order valence-corrected chi connectivity index (χ0v) is 48.9. The molecular weight excluding hydrogens is 1050 g/mol. The van der Waals surface area contributed by atoms with Crippen molar-refractivity contribution in [1.29, 1.82) is 0 Å². The first-order valence-corrected chi connectivity index (χ1v) is 28.1. The molecule has 0 aromatic heterocycles. The van der Waals surface area contributed by atoms with Crippen LogP contribution in [-0.2, 0) is 75.9 Å². The molecule has 2 fully saturated rings. The topological polar surface area (TPSA) is 280 Å². The van der Waals surface area contributed by atoms with E-state index in [2.05, 4.69) is 76.0 Å². The summed E-state index contributed by atoms with van der Waals surface area (Å²) in [5.74, 6) is -0.958. The van der Waals surface area contributed by atoms with Crippen molar-refractivity contribution >= 4 is 36.3 Å². The van der Waals surface area contributed by atoms with E-state index in [1.54, 1.807) is 0 Å². The molecule has 24 nitrogen and oxygen atoms in total. The monoisotopic (exact) mass is 1150 g/mol. The Morgan fingerprint density at radius 3 is 0.887 bits per heavy atom. The summed E-state index contributed by atoms with van der Waals surface area (Å²) >= 11 is 0. The Kier molecular flexibility index (Phi) is 37.5. The molecule has 2 rings (SSSR count). The largest absolute Gasteiger partial charge is 0.463 e. The second-order valence-electron chi connectivity index (χ2n) is 22.1. The Bertz CT molecular complexity index is 1650. The number of nitrogens with one attached hydrogen (secondary N) is 4. The van der Waals surface area contributed by atoms with Crippen molar-refractivity contribution in [3.8, 4) is 0 Å². The molecule has 0 aromatic rings. The van der Waals surface area contributed by atoms with Gasteiger partial charge in [0.2, 0.25) is 0 Å². The maximum Gasteiger partial charge on any atom is 0.407 e. The van der Waals surface area contributed by atoms with Crippen molar-refractivity contribution < 1.29 is 95.1 Å². The third-order valence-corrected chi connectivity index (χ3v) is 12.7. The van der Waals surface area contributed by atoms with E-state index in [1.165, 1.54) is 0 Å². The lowest BCUT2D eigenvalue weighted by molar-refractivity contribution is -0.138. The van der Waals surface area contributed by atoms with E-state index in [0.717, 1.165) is 37.8 Å². The van der Waals surface area contributed by atoms with Crippen LogP contribution >= 0.6 is 0 Å². The van der Waals surface area contributed by atoms with Gasteiger partial charge in [-0.2, -0.15) is 0 Å². The molecule has 2 aliphatic rings. The van der Waals surface area contributed by atoms with Gasteiger partial charge in [-0.15, -0.1) is 0 Å². The quantitative estimate of drug-likeness (QED) is 0.0228. The molecule has 24 heteroatoms. The fourth-order valence-corrected chi connectivity index (χ4v) is 10.1. The molecule has 4 amide bonds. The van der Waals surface area contributed by atoms with E-state index >= 15 is 0 Å². The van der Waals surface area contributed by atoms with Crippen LogP contribution in [0.4, 0.5) is 19.2 Å². The van der Waals surface area contributed by atoms with Crippen LogP contribution in [0.25, 0.3) is 0 Å². The Hall–Kier alpha value is -4.82. The number of ether oxygens (including phenoxy) is 14. The van der Waals surface area contributed by atoms with Crippen LogP contribution in [0.15, 0.2) is 25.3 Å². The van der Waals surface area contributed by atoms with Crippen LogP contribution in [0.5, 0.6) is 0 Å². The lowest BCUT2D eigenvalue weighted by Gasteiger charge is -2.46. The Labute approximate surface area is 474 Å². The summed E-state index contributed by atoms with van der Waals surface area (Å²) in [7, 11) is 0. The third kappa shape index (κ3) is 38.0. The van der Waals surface area contributed by atoms with Gasteiger partial charge in [-0.3, -0.25) is 0 Å². The molecule has 0 aliphatic heterocycles. The molecule has 2 saturated carbocycles. The van der Waals surface area contributed by atoms with Crippen LogP contribution in [0, 0.1) is 21.7 Å². The van der Waals surface area contributed by atoms with Crippen LogP contribution in [-0.4, -0.2) is 207 Å². The van der Waals surface area contributed by atoms with Gasteiger partial charge in [0.05, 0.1) is 132 Å². The maximum atomic E-state index is 12.5. The zero-order chi connectivity index (χ0) is 58.8. The van der Waals surface area contributed by atoms with Crippen molar-refractivity contribution in [2.24, 2.45) is 21.7 Å². The normalized spacial score (nSPS) is 20.1. The molecule has 4 N–H and O–H groups in total. The zero-order valence-electron chi connectivity index (χ0n) is 48.9. The number of carbonyl (C=O) groups is 6. The highest BCUT2D eigenvalue weighted by atomic mass is 16.6. The highest BCUT2D eigenvalue weighted by molar-refractivity contribution is 5.81. The molecule has 2 aliphatic carbocycles. The Balaban J connectivity index is 1.32. The molecule has 0 heterocycles. The van der Waals surface area contributed by atoms with Gasteiger partial charge in [0.1, 0.15) is 13.2 Å². The first kappa shape index (κ1) is 71.3. The van der Waals surface area contributed by atoms with Crippen LogP contribution < -0.4 is 21.3 Å². The number of amides is 4. The van der Waals surface area contributed by atoms with E-state index < -0.39 is 36.3 Å². The fraction of sp³-hybridized carbons (Fsp3) is 0.821. The standard InChI is InChI=1S/C56H98N4O20/c1-9-47(61)75-15-11-13-17-77-51(65)59-45-37-53(3,4)41-55(7,39-45)43-57-49(63)79-35-33-73-31-29-71-27-25-69-23-21-67-19-20-68-22-24-70-26-28-72-30-32-74-34-36-80-50(64)58-44-56(8)40-46(38-54(5,6)42-56)60-52(66)78-18-14-12-16-76-48(62)10-2/h9-10,45-46H,1-2,11-44H2,3-8H3,(H,57,63)(H,58,64)(H,59,65)(H,60,66). The van der Waals surface area contributed by atoms with Crippen molar-refractivity contribution in [3.63, 3.8) is 0 Å². The first-order chi connectivity index (χ1) is 38.3. The lowest BCUT2D eigenvalue weighted by atomic mass is 9.62. The Morgan fingerprint density at radius 2 is 0.613 bits per heavy atom. The summed E-state index contributed by atoms with van der Waals surface area (Å²) in [5, 5.41) is 11.7. The van der Waals surface area contributed by atoms with Gasteiger partial charge in [-0.05, 0) is 85.9 Å². The fourth-order valence-electron chi connectivity index (χ4n) is 10.1. The van der Waals surface area contributed by atoms with Crippen molar-refractivity contribution in [2.45, 2.75) is 118 Å². The smallest absolute Gasteiger partial charge is 0.407 e. The summed E-state index contributed by atoms with van der Waals surface area (Å²) in [6, 6.07) is -0.231. The van der Waals surface area contributed by atoms with E-state index in [9.17, 15) is 28.8 Å². The van der Waals surface area contributed by atoms with E-state index in [-0.39, 0.29) is 86.6 Å². The molecule has 4 unspecified atom stereocenters. The van der Waals surface area contributed by atoms with Gasteiger partial charge in [-0.25, -0.2) is 28.8 Å². The van der Waals surface area contributed by atoms with E-state index in [1.807, 2.05) is 0 Å². The van der Waals surface area contributed by atoms with Crippen LogP contribution in [0.2, 0.25) is 0 Å². The van der Waals surface area contributed by atoms with Crippen molar-refractivity contribution in [1.82, 2.24) is 21.3 Å². The number of esters is 2. The summed E-state index contributed by atoms with van der Waals surface area (Å²) in [6.45, 7) is 27.4. The predicted octanol–water partition coefficient (Wildman–Crippen LogP) is 6.21. The third-order valence-electron chi connectivity index (χ3n) is 12.7. The van der Waals surface area contributed by atoms with Gasteiger partial charge < -0.3 is 87.6 Å². The first-order valence-electron chi connectivity index (χ1n) is 28.1. The van der Waals surface area contributed by atoms with Gasteiger partial charge in [-0.1, -0.05) is 54.7 Å². The minimum atomic E-state index is -0.529. The lowest BCUT2D eigenvalue weighted by Crippen LogP contribution is -2.50. The van der Waals surface area contributed by atoms with E-state index in [0.29, 0.717) is 144 Å². The van der Waals surface area contributed by atoms with Gasteiger partial charge in [0, 0.05) is 37.3 Å². The second kappa shape index (κ2) is 42.1. The molecule has 4 atom stereocenters. The SMILES string of the molecule is C=CC(=O)OCCCCOC(=O)NC1CC(C)(C)CC(C)(CNC(=O)OCCOCCOCCOCCOCCOCCOCCOCCOCCOC(=O)NCC2(C)CC(NC(=O)OCCCCOC(=O)C=C)CC(C)(C)C2)C1. The summed E-state index contributed by atoms with van der Waals surface area (Å²) in [5.41, 5.74) is -0.667. The van der Waals surface area contributed by atoms with Crippen LogP contribution in [0.3, 0.4) is 0 Å². The number of alkyl carbamates (subject to hydrolysis) is 4. The number of hydrogen-bond acceptors (Lipinski definition) is 20. The average Bonchev–Trinajstić information content (AvgIpc) is 3.41. The number of rotatable bonds is 45. The van der Waals surface area contributed by atoms with Crippen molar-refractivity contribution in [3.05, 3.63) is 25.3 Å². The van der Waals surface area contributed by atoms with Gasteiger partial charge >= 0.3 is 36.3 Å². The van der Waals surface area contributed by atoms with Gasteiger partial charge in [0.15, 0.2) is 0 Å². The molecule has 0 bridgehead atoms. The molecule has 80 heavy (non-hydrogen) atoms. The molecule has 462 valence electrons. The predicted molar refractivity (Wildman–Crippen MR) is 294 cm³/mol. The van der Waals surface area contributed by atoms with Crippen LogP contribution in [0.1, 0.15) is 106 Å². The van der Waals surface area contributed by atoms with Crippen molar-refractivity contribution in [2.75, 3.05) is 158 Å². The minimum absolute atomic E-state index is 0.0657. The molecule has 0 radical (unpaired) electrons. The van der Waals surface area contributed by atoms with Gasteiger partial charge in [0.25, 0.3) is 0 Å². The molecule has 0 spiro atoms. The molecule has 0 aromatic carbocycles.